The van der Waals surface area contributed by atoms with Crippen LogP contribution < -0.4 is 0 Å². The number of amides is 2. The fourth-order valence-corrected chi connectivity index (χ4v) is 2.24. The molecule has 0 unspecified atom stereocenters. The number of aromatic nitrogens is 1. The van der Waals surface area contributed by atoms with Crippen LogP contribution in [-0.4, -0.2) is 53.8 Å². The van der Waals surface area contributed by atoms with Gasteiger partial charge in [0.1, 0.15) is 0 Å². The zero-order chi connectivity index (χ0) is 14.4. The molecular formula is C13H19N3O2S. The number of hydrogen-bond acceptors (Lipinski definition) is 4. The lowest BCUT2D eigenvalue weighted by atomic mass is 10.3. The molecule has 0 bridgehead atoms. The van der Waals surface area contributed by atoms with E-state index in [4.69, 9.17) is 0 Å². The molecule has 0 aromatic carbocycles. The zero-order valence-corrected chi connectivity index (χ0v) is 12.4. The molecule has 1 aromatic rings. The Labute approximate surface area is 117 Å². The van der Waals surface area contributed by atoms with E-state index in [1.165, 1.54) is 15.9 Å². The van der Waals surface area contributed by atoms with Crippen LogP contribution in [0.2, 0.25) is 0 Å². The highest BCUT2D eigenvalue weighted by Crippen LogP contribution is 2.11. The maximum absolute atomic E-state index is 11.9. The van der Waals surface area contributed by atoms with Crippen molar-refractivity contribution in [2.75, 3.05) is 27.2 Å². The molecule has 0 aliphatic heterocycles. The predicted octanol–water partition coefficient (Wildman–Crippen LogP) is 1.10. The topological polar surface area (TPSA) is 53.5 Å². The number of thiazole rings is 1. The third-order valence-electron chi connectivity index (χ3n) is 2.68. The highest BCUT2D eigenvalue weighted by atomic mass is 32.1. The molecule has 1 aromatic heterocycles. The summed E-state index contributed by atoms with van der Waals surface area (Å²) < 4.78 is 0. The molecular weight excluding hydrogens is 262 g/mol. The minimum Gasteiger partial charge on any atom is -0.344 e. The molecule has 1 rings (SSSR count). The molecule has 6 heteroatoms. The van der Waals surface area contributed by atoms with Gasteiger partial charge in [0.15, 0.2) is 0 Å². The quantitative estimate of drug-likeness (QED) is 0.734. The minimum atomic E-state index is -0.253. The fourth-order valence-electron chi connectivity index (χ4n) is 1.46. The van der Waals surface area contributed by atoms with Crippen LogP contribution in [-0.2, 0) is 16.0 Å². The van der Waals surface area contributed by atoms with Gasteiger partial charge in [-0.15, -0.1) is 11.3 Å². The summed E-state index contributed by atoms with van der Waals surface area (Å²) in [7, 11) is 3.31. The average Bonchev–Trinajstić information content (AvgIpc) is 2.80. The van der Waals surface area contributed by atoms with Crippen LogP contribution in [0.25, 0.3) is 0 Å². The van der Waals surface area contributed by atoms with Crippen LogP contribution in [0.4, 0.5) is 0 Å². The van der Waals surface area contributed by atoms with Crippen molar-refractivity contribution in [3.8, 4) is 0 Å². The summed E-state index contributed by atoms with van der Waals surface area (Å²) in [6.07, 6.45) is 3.77. The van der Waals surface area contributed by atoms with Gasteiger partial charge in [0.25, 0.3) is 0 Å². The number of carbonyl (C=O) groups excluding carboxylic acids is 2. The smallest absolute Gasteiger partial charge is 0.246 e. The maximum Gasteiger partial charge on any atom is 0.246 e. The van der Waals surface area contributed by atoms with Crippen LogP contribution in [0.1, 0.15) is 9.88 Å². The van der Waals surface area contributed by atoms with Gasteiger partial charge in [-0.1, -0.05) is 6.58 Å². The van der Waals surface area contributed by atoms with Crippen molar-refractivity contribution in [3.05, 3.63) is 28.7 Å². The summed E-state index contributed by atoms with van der Waals surface area (Å²) in [5.41, 5.74) is 0. The Hall–Kier alpha value is -1.69. The van der Waals surface area contributed by atoms with Gasteiger partial charge in [0.05, 0.1) is 11.6 Å². The first kappa shape index (κ1) is 15.4. The van der Waals surface area contributed by atoms with Crippen LogP contribution >= 0.6 is 11.3 Å². The molecule has 2 amide bonds. The second-order valence-electron chi connectivity index (χ2n) is 4.33. The predicted molar refractivity (Wildman–Crippen MR) is 76.0 cm³/mol. The van der Waals surface area contributed by atoms with Crippen molar-refractivity contribution in [2.45, 2.75) is 13.3 Å². The molecule has 0 radical (unpaired) electrons. The molecule has 0 aliphatic rings. The van der Waals surface area contributed by atoms with Gasteiger partial charge < -0.3 is 9.80 Å². The van der Waals surface area contributed by atoms with Gasteiger partial charge >= 0.3 is 0 Å². The van der Waals surface area contributed by atoms with Gasteiger partial charge in [-0.05, 0) is 13.0 Å². The fraction of sp³-hybridized carbons (Fsp3) is 0.462. The van der Waals surface area contributed by atoms with Crippen molar-refractivity contribution < 1.29 is 9.59 Å². The van der Waals surface area contributed by atoms with Crippen LogP contribution in [0.3, 0.4) is 0 Å². The summed E-state index contributed by atoms with van der Waals surface area (Å²) in [5, 5.41) is 1.02. The molecule has 0 atom stereocenters. The van der Waals surface area contributed by atoms with Gasteiger partial charge in [0, 0.05) is 38.1 Å². The molecule has 5 nitrogen and oxygen atoms in total. The molecule has 0 saturated carbocycles. The van der Waals surface area contributed by atoms with E-state index in [0.717, 1.165) is 11.4 Å². The van der Waals surface area contributed by atoms with E-state index >= 15 is 0 Å². The molecule has 19 heavy (non-hydrogen) atoms. The molecule has 0 aliphatic carbocycles. The van der Waals surface area contributed by atoms with E-state index in [9.17, 15) is 9.59 Å². The van der Waals surface area contributed by atoms with Crippen LogP contribution in [0.15, 0.2) is 18.9 Å². The molecule has 104 valence electrons. The molecule has 1 heterocycles. The zero-order valence-electron chi connectivity index (χ0n) is 11.5. The Bertz CT molecular complexity index is 470. The number of aryl methyl sites for hydroxylation is 1. The van der Waals surface area contributed by atoms with Crippen molar-refractivity contribution >= 4 is 23.2 Å². The lowest BCUT2D eigenvalue weighted by molar-refractivity contribution is -0.136. The standard InChI is InChI=1S/C13H19N3O2S/c1-5-12(17)16(4)9-13(18)15(3)7-6-11-14-8-10(2)19-11/h5,8H,1,6-7,9H2,2-4H3. The number of rotatable bonds is 6. The Kier molecular flexibility index (Phi) is 5.69. The second-order valence-corrected chi connectivity index (χ2v) is 5.65. The van der Waals surface area contributed by atoms with E-state index in [1.54, 1.807) is 30.3 Å². The van der Waals surface area contributed by atoms with Crippen LogP contribution in [0, 0.1) is 6.92 Å². The highest BCUT2D eigenvalue weighted by Gasteiger charge is 2.14. The third-order valence-corrected chi connectivity index (χ3v) is 3.65. The van der Waals surface area contributed by atoms with Crippen molar-refractivity contribution in [1.29, 1.82) is 0 Å². The molecule has 0 N–H and O–H groups in total. The number of hydrogen-bond donors (Lipinski definition) is 0. The van der Waals surface area contributed by atoms with E-state index in [1.807, 2.05) is 13.1 Å². The Morgan fingerprint density at radius 3 is 2.63 bits per heavy atom. The Morgan fingerprint density at radius 1 is 1.42 bits per heavy atom. The maximum atomic E-state index is 11.9. The van der Waals surface area contributed by atoms with Gasteiger partial charge in [-0.2, -0.15) is 0 Å². The summed E-state index contributed by atoms with van der Waals surface area (Å²) in [5.74, 6) is -0.344. The largest absolute Gasteiger partial charge is 0.344 e. The SMILES string of the molecule is C=CC(=O)N(C)CC(=O)N(C)CCc1ncc(C)s1. The summed E-state index contributed by atoms with van der Waals surface area (Å²) in [4.78, 5) is 31.5. The Balaban J connectivity index is 2.40. The van der Waals surface area contributed by atoms with Gasteiger partial charge in [-0.3, -0.25) is 9.59 Å². The monoisotopic (exact) mass is 281 g/mol. The highest BCUT2D eigenvalue weighted by molar-refractivity contribution is 7.11. The Morgan fingerprint density at radius 2 is 2.11 bits per heavy atom. The van der Waals surface area contributed by atoms with Gasteiger partial charge in [0.2, 0.25) is 11.8 Å². The normalized spacial score (nSPS) is 10.1. The first-order valence-electron chi connectivity index (χ1n) is 5.97. The van der Waals surface area contributed by atoms with E-state index < -0.39 is 0 Å². The summed E-state index contributed by atoms with van der Waals surface area (Å²) >= 11 is 1.64. The average molecular weight is 281 g/mol. The summed E-state index contributed by atoms with van der Waals surface area (Å²) in [6, 6.07) is 0. The first-order chi connectivity index (χ1) is 8.93. The third kappa shape index (κ3) is 4.82. The number of carbonyl (C=O) groups is 2. The first-order valence-corrected chi connectivity index (χ1v) is 6.78. The summed E-state index contributed by atoms with van der Waals surface area (Å²) in [6.45, 7) is 6.06. The van der Waals surface area contributed by atoms with E-state index in [2.05, 4.69) is 11.6 Å². The second kappa shape index (κ2) is 7.04. The molecule has 0 spiro atoms. The van der Waals surface area contributed by atoms with Crippen molar-refractivity contribution in [1.82, 2.24) is 14.8 Å². The lowest BCUT2D eigenvalue weighted by Gasteiger charge is -2.20. The van der Waals surface area contributed by atoms with Crippen LogP contribution in [0.5, 0.6) is 0 Å². The van der Waals surface area contributed by atoms with E-state index in [-0.39, 0.29) is 18.4 Å². The van der Waals surface area contributed by atoms with Crippen molar-refractivity contribution in [2.24, 2.45) is 0 Å². The van der Waals surface area contributed by atoms with E-state index in [0.29, 0.717) is 6.54 Å². The lowest BCUT2D eigenvalue weighted by Crippen LogP contribution is -2.39. The van der Waals surface area contributed by atoms with Gasteiger partial charge in [-0.25, -0.2) is 4.98 Å². The molecule has 0 fully saturated rings. The number of likely N-dealkylation sites (N-methyl/N-ethyl adjacent to an activating group) is 2. The number of nitrogens with zero attached hydrogens (tertiary/aromatic N) is 3. The molecule has 0 saturated heterocycles. The van der Waals surface area contributed by atoms with Crippen molar-refractivity contribution in [3.63, 3.8) is 0 Å². The minimum absolute atomic E-state index is 0.0677.